The lowest BCUT2D eigenvalue weighted by molar-refractivity contribution is -0.140. The molecule has 1 aliphatic rings. The number of aliphatic hydroxyl groups is 1. The van der Waals surface area contributed by atoms with Gasteiger partial charge >= 0.3 is 6.18 Å². The first-order valence-corrected chi connectivity index (χ1v) is 15.3. The smallest absolute Gasteiger partial charge is 0.406 e. The number of ether oxygens (including phenoxy) is 2. The third-order valence-electron chi connectivity index (χ3n) is 7.16. The number of β-amino-alcohol motifs (C(OH)–C–C–N with tert-alkyl or cyclic N) is 1. The molecule has 1 saturated heterocycles. The van der Waals surface area contributed by atoms with Gasteiger partial charge in [0.2, 0.25) is 0 Å². The Hall–Kier alpha value is -3.16. The van der Waals surface area contributed by atoms with Gasteiger partial charge in [-0.1, -0.05) is 12.0 Å². The van der Waals surface area contributed by atoms with Gasteiger partial charge in [-0.3, -0.25) is 9.11 Å². The van der Waals surface area contributed by atoms with Crippen LogP contribution in [0.3, 0.4) is 0 Å². The van der Waals surface area contributed by atoms with Gasteiger partial charge in [-0.15, -0.1) is 10.8 Å². The van der Waals surface area contributed by atoms with Crippen LogP contribution in [0, 0.1) is 11.8 Å². The summed E-state index contributed by atoms with van der Waals surface area (Å²) in [7, 11) is -0.453. The Bertz CT molecular complexity index is 1440. The molecule has 0 amide bonds. The van der Waals surface area contributed by atoms with E-state index in [1.807, 2.05) is 6.07 Å². The summed E-state index contributed by atoms with van der Waals surface area (Å²) in [6.07, 6.45) is -3.34. The number of nitrogens with one attached hydrogen (secondary N) is 2. The van der Waals surface area contributed by atoms with Crippen molar-refractivity contribution in [1.29, 1.82) is 0 Å². The highest BCUT2D eigenvalue weighted by Gasteiger charge is 2.30. The Morgan fingerprint density at radius 3 is 2.51 bits per heavy atom. The van der Waals surface area contributed by atoms with Crippen molar-refractivity contribution in [2.24, 2.45) is 5.14 Å². The van der Waals surface area contributed by atoms with Gasteiger partial charge in [0.05, 0.1) is 48.2 Å². The van der Waals surface area contributed by atoms with Gasteiger partial charge in [0.15, 0.2) is 0 Å². The summed E-state index contributed by atoms with van der Waals surface area (Å²) in [5.41, 5.74) is 1.90. The fraction of sp³-hybridized carbons (Fsp3) is 0.448. The summed E-state index contributed by atoms with van der Waals surface area (Å²) in [4.78, 5) is 2.29. The quantitative estimate of drug-likeness (QED) is 0.170. The van der Waals surface area contributed by atoms with E-state index >= 15 is 0 Å². The number of hydrogen-bond donors (Lipinski definition) is 6. The average molecular weight is 626 g/mol. The Kier molecular flexibility index (Phi) is 10.7. The zero-order valence-corrected chi connectivity index (χ0v) is 24.8. The minimum absolute atomic E-state index is 0.0882. The molecule has 4 rings (SSSR count). The largest absolute Gasteiger partial charge is 0.495 e. The van der Waals surface area contributed by atoms with Crippen LogP contribution in [-0.4, -0.2) is 89.0 Å². The highest BCUT2D eigenvalue weighted by molar-refractivity contribution is 8.22. The molecule has 1 aliphatic heterocycles. The van der Waals surface area contributed by atoms with Crippen molar-refractivity contribution < 1.29 is 36.9 Å². The molecule has 2 aromatic carbocycles. The van der Waals surface area contributed by atoms with Crippen LogP contribution in [0.4, 0.5) is 24.5 Å². The molecule has 3 aromatic rings. The molecule has 0 spiro atoms. The van der Waals surface area contributed by atoms with Crippen LogP contribution in [0.5, 0.6) is 5.75 Å². The predicted molar refractivity (Wildman–Crippen MR) is 163 cm³/mol. The second-order valence-corrected chi connectivity index (χ2v) is 12.1. The molecule has 0 saturated carbocycles. The van der Waals surface area contributed by atoms with Crippen molar-refractivity contribution in [3.63, 3.8) is 0 Å². The van der Waals surface area contributed by atoms with Crippen LogP contribution in [0.25, 0.3) is 10.9 Å². The maximum absolute atomic E-state index is 13.6. The number of halogens is 3. The Morgan fingerprint density at radius 2 is 1.86 bits per heavy atom. The topological polar surface area (TPSA) is 137 Å². The summed E-state index contributed by atoms with van der Waals surface area (Å²) in [5.74, 6) is 6.07. The van der Waals surface area contributed by atoms with Crippen LogP contribution in [0.15, 0.2) is 47.4 Å². The number of anilines is 2. The van der Waals surface area contributed by atoms with Crippen molar-refractivity contribution in [2.75, 3.05) is 57.6 Å². The SMILES string of the molecule is COCC(O)CN1CCC(Nc2cccc3c2cc(C#CCNc2ccc(S(N)(O)O)cc2OC)n3CC(F)(F)F)CC1. The maximum atomic E-state index is 13.6. The van der Waals surface area contributed by atoms with Gasteiger partial charge < -0.3 is 34.7 Å². The van der Waals surface area contributed by atoms with Crippen LogP contribution in [0.2, 0.25) is 0 Å². The molecule has 10 nitrogen and oxygen atoms in total. The van der Waals surface area contributed by atoms with Crippen LogP contribution >= 0.6 is 10.8 Å². The third kappa shape index (κ3) is 8.93. The molecular formula is C29H38F3N5O5S. The summed E-state index contributed by atoms with van der Waals surface area (Å²) in [6, 6.07) is 11.5. The van der Waals surface area contributed by atoms with E-state index < -0.39 is 29.6 Å². The number of nitrogens with zero attached hydrogens (tertiary/aromatic N) is 2. The van der Waals surface area contributed by atoms with Crippen LogP contribution < -0.4 is 20.5 Å². The lowest BCUT2D eigenvalue weighted by atomic mass is 10.0. The minimum atomic E-state index is -4.45. The van der Waals surface area contributed by atoms with Gasteiger partial charge in [-0.25, -0.2) is 5.14 Å². The minimum Gasteiger partial charge on any atom is -0.495 e. The maximum Gasteiger partial charge on any atom is 0.406 e. The Morgan fingerprint density at radius 1 is 1.12 bits per heavy atom. The summed E-state index contributed by atoms with van der Waals surface area (Å²) in [6.45, 7) is 1.30. The van der Waals surface area contributed by atoms with Gasteiger partial charge in [0, 0.05) is 49.9 Å². The summed E-state index contributed by atoms with van der Waals surface area (Å²) < 4.78 is 71.7. The second kappa shape index (κ2) is 14.1. The van der Waals surface area contributed by atoms with Gasteiger partial charge in [-0.2, -0.15) is 13.2 Å². The number of aromatic nitrogens is 1. The van der Waals surface area contributed by atoms with Crippen molar-refractivity contribution in [3.05, 3.63) is 48.2 Å². The fourth-order valence-electron chi connectivity index (χ4n) is 5.17. The van der Waals surface area contributed by atoms with Crippen LogP contribution in [-0.2, 0) is 11.3 Å². The molecule has 1 unspecified atom stereocenters. The van der Waals surface area contributed by atoms with Crippen molar-refractivity contribution in [3.8, 4) is 17.6 Å². The summed E-state index contributed by atoms with van der Waals surface area (Å²) in [5, 5.41) is 22.6. The molecule has 0 radical (unpaired) electrons. The molecule has 2 heterocycles. The van der Waals surface area contributed by atoms with E-state index in [1.54, 1.807) is 31.4 Å². The Labute approximate surface area is 250 Å². The molecule has 1 aromatic heterocycles. The van der Waals surface area contributed by atoms with E-state index in [1.165, 1.54) is 23.8 Å². The lowest BCUT2D eigenvalue weighted by Crippen LogP contribution is -2.43. The number of nitrogens with two attached hydrogens (primary N) is 1. The van der Waals surface area contributed by atoms with Crippen molar-refractivity contribution >= 4 is 33.1 Å². The molecule has 0 bridgehead atoms. The zero-order chi connectivity index (χ0) is 31.2. The number of piperidine rings is 1. The number of benzene rings is 2. The summed E-state index contributed by atoms with van der Waals surface area (Å²) >= 11 is 0. The second-order valence-electron chi connectivity index (χ2n) is 10.4. The first kappa shape index (κ1) is 32.7. The molecule has 43 heavy (non-hydrogen) atoms. The number of aliphatic hydroxyl groups excluding tert-OH is 1. The lowest BCUT2D eigenvalue weighted by Gasteiger charge is -2.34. The zero-order valence-electron chi connectivity index (χ0n) is 24.0. The van der Waals surface area contributed by atoms with E-state index in [-0.39, 0.29) is 29.8 Å². The highest BCUT2D eigenvalue weighted by Crippen LogP contribution is 2.43. The van der Waals surface area contributed by atoms with E-state index in [0.717, 1.165) is 31.6 Å². The fourth-order valence-corrected chi connectivity index (χ4v) is 5.71. The monoisotopic (exact) mass is 625 g/mol. The van der Waals surface area contributed by atoms with E-state index in [2.05, 4.69) is 27.4 Å². The highest BCUT2D eigenvalue weighted by atomic mass is 32.3. The Balaban J connectivity index is 1.51. The number of rotatable bonds is 11. The predicted octanol–water partition coefficient (Wildman–Crippen LogP) is 4.54. The number of methoxy groups -OCH3 is 2. The first-order chi connectivity index (χ1) is 20.4. The molecule has 236 valence electrons. The van der Waals surface area contributed by atoms with Gasteiger partial charge in [0.25, 0.3) is 0 Å². The number of fused-ring (bicyclic) bond motifs is 1. The molecule has 1 atom stereocenters. The molecule has 1 fully saturated rings. The van der Waals surface area contributed by atoms with Gasteiger partial charge in [-0.05, 0) is 49.1 Å². The number of likely N-dealkylation sites (tertiary alicyclic amines) is 1. The van der Waals surface area contributed by atoms with Crippen molar-refractivity contribution in [2.45, 2.75) is 42.6 Å². The number of alkyl halides is 3. The number of hydrogen-bond acceptors (Lipinski definition) is 9. The van der Waals surface area contributed by atoms with E-state index in [0.29, 0.717) is 28.9 Å². The van der Waals surface area contributed by atoms with Gasteiger partial charge in [0.1, 0.15) is 12.3 Å². The first-order valence-electron chi connectivity index (χ1n) is 13.7. The molecule has 0 aliphatic carbocycles. The molecule has 14 heteroatoms. The normalized spacial score (nSPS) is 16.0. The standard InChI is InChI=1S/C29H38F3N5O5S/c1-41-18-22(38)17-36-13-10-20(11-14-36)35-25-6-3-7-27-24(25)15-21(37(27)19-29(30,31)32)5-4-12-34-26-9-8-23(43(33,39)40)16-28(26)42-2/h3,6-9,15-16,20,22,34-35,38-40H,10-14,17-19,33H2,1-2H3. The molecular weight excluding hydrogens is 587 g/mol. The van der Waals surface area contributed by atoms with E-state index in [9.17, 15) is 27.4 Å². The third-order valence-corrected chi connectivity index (χ3v) is 8.11. The average Bonchev–Trinajstić information content (AvgIpc) is 3.28. The molecule has 7 N–H and O–H groups in total. The van der Waals surface area contributed by atoms with Crippen molar-refractivity contribution in [1.82, 2.24) is 9.47 Å². The van der Waals surface area contributed by atoms with Crippen LogP contribution in [0.1, 0.15) is 18.5 Å². The van der Waals surface area contributed by atoms with E-state index in [4.69, 9.17) is 14.6 Å².